The SMILES string of the molecule is C=COC(=O)c1ncccn1. The van der Waals surface area contributed by atoms with Crippen LogP contribution < -0.4 is 0 Å². The maximum absolute atomic E-state index is 10.8. The van der Waals surface area contributed by atoms with E-state index in [9.17, 15) is 4.79 Å². The molecule has 0 unspecified atom stereocenters. The number of carbonyl (C=O) groups excluding carboxylic acids is 1. The molecule has 0 spiro atoms. The molecule has 0 saturated heterocycles. The molecule has 4 heteroatoms. The number of hydrogen-bond donors (Lipinski definition) is 0. The number of rotatable bonds is 2. The normalized spacial score (nSPS) is 8.73. The highest BCUT2D eigenvalue weighted by atomic mass is 16.5. The number of aromatic nitrogens is 2. The third-order valence-corrected chi connectivity index (χ3v) is 0.939. The van der Waals surface area contributed by atoms with Gasteiger partial charge in [-0.2, -0.15) is 0 Å². The van der Waals surface area contributed by atoms with Crippen molar-refractivity contribution in [3.05, 3.63) is 37.1 Å². The van der Waals surface area contributed by atoms with E-state index < -0.39 is 5.97 Å². The van der Waals surface area contributed by atoms with Gasteiger partial charge in [0.2, 0.25) is 5.82 Å². The Morgan fingerprint density at radius 3 is 2.73 bits per heavy atom. The summed E-state index contributed by atoms with van der Waals surface area (Å²) < 4.78 is 4.43. The molecule has 1 aromatic rings. The Morgan fingerprint density at radius 1 is 1.55 bits per heavy atom. The van der Waals surface area contributed by atoms with Crippen LogP contribution in [0.15, 0.2) is 31.3 Å². The molecule has 11 heavy (non-hydrogen) atoms. The van der Waals surface area contributed by atoms with Crippen molar-refractivity contribution in [2.24, 2.45) is 0 Å². The zero-order chi connectivity index (χ0) is 8.10. The van der Waals surface area contributed by atoms with E-state index in [-0.39, 0.29) is 5.82 Å². The van der Waals surface area contributed by atoms with Gasteiger partial charge in [0.15, 0.2) is 0 Å². The average molecular weight is 150 g/mol. The van der Waals surface area contributed by atoms with Crippen LogP contribution in [0.1, 0.15) is 10.6 Å². The van der Waals surface area contributed by atoms with Crippen LogP contribution >= 0.6 is 0 Å². The van der Waals surface area contributed by atoms with E-state index >= 15 is 0 Å². The van der Waals surface area contributed by atoms with Crippen LogP contribution in [0.2, 0.25) is 0 Å². The second-order valence-electron chi connectivity index (χ2n) is 1.64. The van der Waals surface area contributed by atoms with Gasteiger partial charge in [0.1, 0.15) is 0 Å². The minimum atomic E-state index is -0.597. The maximum atomic E-state index is 10.8. The molecule has 0 atom stereocenters. The van der Waals surface area contributed by atoms with E-state index in [0.717, 1.165) is 6.26 Å². The molecule has 0 aliphatic heterocycles. The molecule has 4 nitrogen and oxygen atoms in total. The molecular formula is C7H6N2O2. The van der Waals surface area contributed by atoms with Gasteiger partial charge in [0.25, 0.3) is 0 Å². The highest BCUT2D eigenvalue weighted by Crippen LogP contribution is 1.90. The first kappa shape index (κ1) is 7.40. The van der Waals surface area contributed by atoms with Gasteiger partial charge >= 0.3 is 5.97 Å². The fourth-order valence-corrected chi connectivity index (χ4v) is 0.533. The Kier molecular flexibility index (Phi) is 2.32. The molecule has 0 bridgehead atoms. The minimum absolute atomic E-state index is 0.0346. The van der Waals surface area contributed by atoms with Crippen LogP contribution in [-0.4, -0.2) is 15.9 Å². The van der Waals surface area contributed by atoms with E-state index in [2.05, 4.69) is 21.3 Å². The minimum Gasteiger partial charge on any atom is -0.429 e. The van der Waals surface area contributed by atoms with E-state index in [1.54, 1.807) is 6.07 Å². The standard InChI is InChI=1S/C7H6N2O2/c1-2-11-7(10)6-8-4-3-5-9-6/h2-5H,1H2. The van der Waals surface area contributed by atoms with Crippen molar-refractivity contribution in [2.45, 2.75) is 0 Å². The van der Waals surface area contributed by atoms with Gasteiger partial charge in [-0.1, -0.05) is 6.58 Å². The fraction of sp³-hybridized carbons (Fsp3) is 0. The lowest BCUT2D eigenvalue weighted by molar-refractivity contribution is 0.0650. The summed E-state index contributed by atoms with van der Waals surface area (Å²) in [7, 11) is 0. The predicted molar refractivity (Wildman–Crippen MR) is 37.6 cm³/mol. The van der Waals surface area contributed by atoms with Crippen LogP contribution in [0.25, 0.3) is 0 Å². The first-order valence-corrected chi connectivity index (χ1v) is 2.93. The summed E-state index contributed by atoms with van der Waals surface area (Å²) in [5, 5.41) is 0. The number of nitrogens with zero attached hydrogens (tertiary/aromatic N) is 2. The lowest BCUT2D eigenvalue weighted by Gasteiger charge is -1.94. The molecule has 0 fully saturated rings. The average Bonchev–Trinajstić information content (AvgIpc) is 2.07. The molecule has 1 aromatic heterocycles. The van der Waals surface area contributed by atoms with Crippen molar-refractivity contribution in [1.82, 2.24) is 9.97 Å². The van der Waals surface area contributed by atoms with Crippen molar-refractivity contribution < 1.29 is 9.53 Å². The quantitative estimate of drug-likeness (QED) is 0.461. The third kappa shape index (κ3) is 1.86. The molecule has 56 valence electrons. The van der Waals surface area contributed by atoms with Crippen molar-refractivity contribution >= 4 is 5.97 Å². The van der Waals surface area contributed by atoms with Crippen molar-refractivity contribution in [3.8, 4) is 0 Å². The summed E-state index contributed by atoms with van der Waals surface area (Å²) in [5.41, 5.74) is 0. The zero-order valence-corrected chi connectivity index (χ0v) is 5.73. The monoisotopic (exact) mass is 150 g/mol. The van der Waals surface area contributed by atoms with Gasteiger partial charge in [0, 0.05) is 12.4 Å². The first-order chi connectivity index (χ1) is 5.34. The summed E-state index contributed by atoms with van der Waals surface area (Å²) >= 11 is 0. The molecule has 0 N–H and O–H groups in total. The fourth-order valence-electron chi connectivity index (χ4n) is 0.533. The van der Waals surface area contributed by atoms with Crippen LogP contribution in [0, 0.1) is 0 Å². The summed E-state index contributed by atoms with van der Waals surface area (Å²) in [6.45, 7) is 3.23. The van der Waals surface area contributed by atoms with Gasteiger partial charge in [-0.15, -0.1) is 0 Å². The van der Waals surface area contributed by atoms with Crippen molar-refractivity contribution in [2.75, 3.05) is 0 Å². The van der Waals surface area contributed by atoms with Crippen LogP contribution in [0.5, 0.6) is 0 Å². The van der Waals surface area contributed by atoms with Gasteiger partial charge < -0.3 is 4.74 Å². The molecular weight excluding hydrogens is 144 g/mol. The first-order valence-electron chi connectivity index (χ1n) is 2.93. The van der Waals surface area contributed by atoms with E-state index in [1.165, 1.54) is 12.4 Å². The second-order valence-corrected chi connectivity index (χ2v) is 1.64. The van der Waals surface area contributed by atoms with Gasteiger partial charge in [-0.25, -0.2) is 14.8 Å². The summed E-state index contributed by atoms with van der Waals surface area (Å²) in [4.78, 5) is 18.2. The molecule has 1 rings (SSSR count). The van der Waals surface area contributed by atoms with Crippen molar-refractivity contribution in [3.63, 3.8) is 0 Å². The number of hydrogen-bond acceptors (Lipinski definition) is 4. The molecule has 0 radical (unpaired) electrons. The third-order valence-electron chi connectivity index (χ3n) is 0.939. The summed E-state index contributed by atoms with van der Waals surface area (Å²) in [6, 6.07) is 1.62. The predicted octanol–water partition coefficient (Wildman–Crippen LogP) is 0.777. The van der Waals surface area contributed by atoms with Crippen LogP contribution in [-0.2, 0) is 4.74 Å². The molecule has 0 amide bonds. The highest BCUT2D eigenvalue weighted by Gasteiger charge is 2.06. The largest absolute Gasteiger partial charge is 0.429 e. The van der Waals surface area contributed by atoms with Gasteiger partial charge in [0.05, 0.1) is 6.26 Å². The summed E-state index contributed by atoms with van der Waals surface area (Å²) in [5.74, 6) is -0.562. The zero-order valence-electron chi connectivity index (χ0n) is 5.73. The Labute approximate surface area is 63.6 Å². The van der Waals surface area contributed by atoms with E-state index in [0.29, 0.717) is 0 Å². The van der Waals surface area contributed by atoms with E-state index in [4.69, 9.17) is 0 Å². The second kappa shape index (κ2) is 3.46. The molecule has 0 aromatic carbocycles. The van der Waals surface area contributed by atoms with Gasteiger partial charge in [-0.3, -0.25) is 0 Å². The van der Waals surface area contributed by atoms with Crippen molar-refractivity contribution in [1.29, 1.82) is 0 Å². The van der Waals surface area contributed by atoms with Crippen LogP contribution in [0.4, 0.5) is 0 Å². The molecule has 0 aliphatic carbocycles. The number of ether oxygens (including phenoxy) is 1. The summed E-state index contributed by atoms with van der Waals surface area (Å²) in [6.07, 6.45) is 3.97. The smallest absolute Gasteiger partial charge is 0.381 e. The Bertz CT molecular complexity index is 258. The Hall–Kier alpha value is -1.71. The molecule has 0 saturated carbocycles. The molecule has 0 aliphatic rings. The Balaban J connectivity index is 2.77. The van der Waals surface area contributed by atoms with Crippen LogP contribution in [0.3, 0.4) is 0 Å². The Morgan fingerprint density at radius 2 is 2.18 bits per heavy atom. The lowest BCUT2D eigenvalue weighted by atomic mass is 10.5. The maximum Gasteiger partial charge on any atom is 0.381 e. The van der Waals surface area contributed by atoms with E-state index in [1.807, 2.05) is 0 Å². The lowest BCUT2D eigenvalue weighted by Crippen LogP contribution is -2.05. The topological polar surface area (TPSA) is 52.1 Å². The van der Waals surface area contributed by atoms with Gasteiger partial charge in [-0.05, 0) is 6.07 Å². The number of esters is 1. The molecule has 1 heterocycles. The highest BCUT2D eigenvalue weighted by molar-refractivity contribution is 5.85. The number of carbonyl (C=O) groups is 1.